The van der Waals surface area contributed by atoms with Crippen LogP contribution >= 0.6 is 0 Å². The standard InChI is InChI=1S/C33H31N5/c1-3-8-23(9-4-1)12-13-24-18-26(22-34-21-24)25-14-15-30-28(19-25)33(37-36-30)31-20-27-29(35-31)10-7-11-32(27)38-16-5-2-6-17-38/h1,3-4,7-11,14-15,18-22,35H,2,5-6,12-13,16-17H2,(H,36,37). The molecule has 2 N–H and O–H groups in total. The molecular formula is C33H31N5. The molecule has 0 unspecified atom stereocenters. The smallest absolute Gasteiger partial charge is 0.116 e. The minimum atomic E-state index is 0.954. The van der Waals surface area contributed by atoms with E-state index in [-0.39, 0.29) is 0 Å². The van der Waals surface area contributed by atoms with Gasteiger partial charge in [-0.1, -0.05) is 42.5 Å². The van der Waals surface area contributed by atoms with Crippen LogP contribution in [0.4, 0.5) is 5.69 Å². The first-order valence-corrected chi connectivity index (χ1v) is 13.7. The summed E-state index contributed by atoms with van der Waals surface area (Å²) in [6, 6.07) is 28.3. The molecule has 1 aliphatic heterocycles. The van der Waals surface area contributed by atoms with E-state index in [0.717, 1.165) is 64.9 Å². The van der Waals surface area contributed by atoms with Crippen molar-refractivity contribution in [3.05, 3.63) is 102 Å². The first-order valence-electron chi connectivity index (χ1n) is 13.7. The molecule has 4 heterocycles. The number of aryl methyl sites for hydroxylation is 2. The zero-order valence-electron chi connectivity index (χ0n) is 21.5. The van der Waals surface area contributed by atoms with Gasteiger partial charge in [-0.05, 0) is 85.2 Å². The molecule has 0 bridgehead atoms. The molecule has 3 aromatic heterocycles. The van der Waals surface area contributed by atoms with Crippen LogP contribution in [0.3, 0.4) is 0 Å². The van der Waals surface area contributed by atoms with E-state index < -0.39 is 0 Å². The number of hydrogen-bond acceptors (Lipinski definition) is 3. The molecule has 1 fully saturated rings. The number of rotatable bonds is 6. The second kappa shape index (κ2) is 9.82. The van der Waals surface area contributed by atoms with E-state index in [9.17, 15) is 0 Å². The molecule has 0 spiro atoms. The molecular weight excluding hydrogens is 466 g/mol. The molecule has 188 valence electrons. The van der Waals surface area contributed by atoms with E-state index >= 15 is 0 Å². The van der Waals surface area contributed by atoms with Gasteiger partial charge in [-0.3, -0.25) is 10.1 Å². The van der Waals surface area contributed by atoms with Gasteiger partial charge in [0.25, 0.3) is 0 Å². The van der Waals surface area contributed by atoms with Gasteiger partial charge in [0, 0.05) is 53.0 Å². The Balaban J connectivity index is 1.22. The number of aromatic nitrogens is 4. The molecule has 0 aliphatic carbocycles. The first-order chi connectivity index (χ1) is 18.8. The zero-order chi connectivity index (χ0) is 25.3. The lowest BCUT2D eigenvalue weighted by atomic mass is 10.0. The molecule has 6 aromatic rings. The van der Waals surface area contributed by atoms with Crippen molar-refractivity contribution in [2.45, 2.75) is 32.1 Å². The van der Waals surface area contributed by atoms with Gasteiger partial charge >= 0.3 is 0 Å². The van der Waals surface area contributed by atoms with Crippen LogP contribution in [0.5, 0.6) is 0 Å². The summed E-state index contributed by atoms with van der Waals surface area (Å²) in [6.07, 6.45) is 9.79. The topological polar surface area (TPSA) is 60.6 Å². The summed E-state index contributed by atoms with van der Waals surface area (Å²) in [4.78, 5) is 10.7. The molecule has 5 nitrogen and oxygen atoms in total. The summed E-state index contributed by atoms with van der Waals surface area (Å²) >= 11 is 0. The van der Waals surface area contributed by atoms with E-state index in [1.807, 2.05) is 12.4 Å². The normalized spacial score (nSPS) is 13.9. The van der Waals surface area contributed by atoms with Crippen molar-refractivity contribution in [1.29, 1.82) is 0 Å². The van der Waals surface area contributed by atoms with Gasteiger partial charge in [0.2, 0.25) is 0 Å². The lowest BCUT2D eigenvalue weighted by Crippen LogP contribution is -2.29. The second-order valence-corrected chi connectivity index (χ2v) is 10.4. The van der Waals surface area contributed by atoms with Crippen LogP contribution in [0.15, 0.2) is 91.3 Å². The number of H-pyrrole nitrogens is 2. The summed E-state index contributed by atoms with van der Waals surface area (Å²) in [5.41, 5.74) is 10.4. The average Bonchev–Trinajstić information content (AvgIpc) is 3.61. The van der Waals surface area contributed by atoms with Crippen molar-refractivity contribution in [2.75, 3.05) is 18.0 Å². The Kier molecular flexibility index (Phi) is 5.89. The second-order valence-electron chi connectivity index (χ2n) is 10.4. The maximum Gasteiger partial charge on any atom is 0.116 e. The molecule has 1 aliphatic rings. The minimum absolute atomic E-state index is 0.954. The summed E-state index contributed by atoms with van der Waals surface area (Å²) in [5.74, 6) is 0. The zero-order valence-corrected chi connectivity index (χ0v) is 21.5. The maximum atomic E-state index is 4.73. The highest BCUT2D eigenvalue weighted by atomic mass is 15.1. The fourth-order valence-electron chi connectivity index (χ4n) is 5.79. The fourth-order valence-corrected chi connectivity index (χ4v) is 5.79. The third kappa shape index (κ3) is 4.34. The molecule has 0 radical (unpaired) electrons. The average molecular weight is 498 g/mol. The van der Waals surface area contributed by atoms with Crippen molar-refractivity contribution < 1.29 is 0 Å². The maximum absolute atomic E-state index is 4.73. The van der Waals surface area contributed by atoms with Gasteiger partial charge < -0.3 is 9.88 Å². The molecule has 5 heteroatoms. The minimum Gasteiger partial charge on any atom is -0.371 e. The molecule has 38 heavy (non-hydrogen) atoms. The monoisotopic (exact) mass is 497 g/mol. The van der Waals surface area contributed by atoms with Gasteiger partial charge in [0.1, 0.15) is 5.69 Å². The summed E-state index contributed by atoms with van der Waals surface area (Å²) in [7, 11) is 0. The lowest BCUT2D eigenvalue weighted by molar-refractivity contribution is 0.579. The Morgan fingerprint density at radius 1 is 0.684 bits per heavy atom. The highest BCUT2D eigenvalue weighted by molar-refractivity contribution is 6.00. The molecule has 3 aromatic carbocycles. The Morgan fingerprint density at radius 2 is 1.55 bits per heavy atom. The van der Waals surface area contributed by atoms with Crippen molar-refractivity contribution in [3.63, 3.8) is 0 Å². The van der Waals surface area contributed by atoms with Crippen molar-refractivity contribution in [3.8, 4) is 22.5 Å². The molecule has 7 rings (SSSR count). The number of fused-ring (bicyclic) bond motifs is 2. The van der Waals surface area contributed by atoms with Crippen LogP contribution in [-0.4, -0.2) is 33.3 Å². The predicted molar refractivity (Wildman–Crippen MR) is 157 cm³/mol. The number of nitrogens with zero attached hydrogens (tertiary/aromatic N) is 3. The Bertz CT molecular complexity index is 1710. The third-order valence-corrected chi connectivity index (χ3v) is 7.83. The van der Waals surface area contributed by atoms with Crippen molar-refractivity contribution >= 4 is 27.5 Å². The fraction of sp³-hybridized carbons (Fsp3) is 0.212. The van der Waals surface area contributed by atoms with Crippen LogP contribution in [0.1, 0.15) is 30.4 Å². The Labute approximate surface area is 222 Å². The number of aromatic amines is 2. The summed E-state index contributed by atoms with van der Waals surface area (Å²) < 4.78 is 0. The van der Waals surface area contributed by atoms with Crippen LogP contribution in [-0.2, 0) is 12.8 Å². The molecule has 0 saturated carbocycles. The van der Waals surface area contributed by atoms with Gasteiger partial charge in [-0.25, -0.2) is 0 Å². The third-order valence-electron chi connectivity index (χ3n) is 7.83. The van der Waals surface area contributed by atoms with Crippen molar-refractivity contribution in [1.82, 2.24) is 20.2 Å². The van der Waals surface area contributed by atoms with Gasteiger partial charge in [-0.2, -0.15) is 5.10 Å². The molecule has 0 amide bonds. The highest BCUT2D eigenvalue weighted by Crippen LogP contribution is 2.35. The Hall–Kier alpha value is -4.38. The molecule has 0 atom stereocenters. The Morgan fingerprint density at radius 3 is 2.45 bits per heavy atom. The highest BCUT2D eigenvalue weighted by Gasteiger charge is 2.17. The van der Waals surface area contributed by atoms with Crippen LogP contribution < -0.4 is 4.90 Å². The van der Waals surface area contributed by atoms with E-state index in [0.29, 0.717) is 0 Å². The SMILES string of the molecule is c1ccc(CCc2cncc(-c3ccc4[nH]nc(-c5cc6c(N7CCCCC7)cccc6[nH]5)c4c3)c2)cc1. The summed E-state index contributed by atoms with van der Waals surface area (Å²) in [5, 5.41) is 10.4. The van der Waals surface area contributed by atoms with Crippen LogP contribution in [0.25, 0.3) is 44.3 Å². The van der Waals surface area contributed by atoms with Gasteiger partial charge in [-0.15, -0.1) is 0 Å². The van der Waals surface area contributed by atoms with E-state index in [4.69, 9.17) is 5.10 Å². The number of nitrogens with one attached hydrogen (secondary N) is 2. The quantitative estimate of drug-likeness (QED) is 0.250. The van der Waals surface area contributed by atoms with Crippen LogP contribution in [0, 0.1) is 0 Å². The number of pyridine rings is 1. The van der Waals surface area contributed by atoms with E-state index in [1.54, 1.807) is 0 Å². The predicted octanol–water partition coefficient (Wildman–Crippen LogP) is 7.55. The largest absolute Gasteiger partial charge is 0.371 e. The van der Waals surface area contributed by atoms with Gasteiger partial charge in [0.05, 0.1) is 11.2 Å². The van der Waals surface area contributed by atoms with Gasteiger partial charge in [0.15, 0.2) is 0 Å². The number of benzene rings is 3. The molecule has 1 saturated heterocycles. The number of anilines is 1. The van der Waals surface area contributed by atoms with E-state index in [1.165, 1.54) is 41.5 Å². The van der Waals surface area contributed by atoms with Crippen LogP contribution in [0.2, 0.25) is 0 Å². The first kappa shape index (κ1) is 22.8. The summed E-state index contributed by atoms with van der Waals surface area (Å²) in [6.45, 7) is 2.26. The van der Waals surface area contributed by atoms with E-state index in [2.05, 4.69) is 98.8 Å². The number of piperidine rings is 1. The number of hydrogen-bond donors (Lipinski definition) is 2. The van der Waals surface area contributed by atoms with Crippen molar-refractivity contribution in [2.24, 2.45) is 0 Å². The lowest BCUT2D eigenvalue weighted by Gasteiger charge is -2.29.